The zero-order chi connectivity index (χ0) is 14.0. The highest BCUT2D eigenvalue weighted by Crippen LogP contribution is 2.28. The van der Waals surface area contributed by atoms with E-state index in [0.29, 0.717) is 5.92 Å². The molecular formula is C16H23N3. The average Bonchev–Trinajstić information content (AvgIpc) is 2.71. The van der Waals surface area contributed by atoms with Crippen LogP contribution in [0.3, 0.4) is 0 Å². The molecule has 2 rings (SSSR count). The molecule has 0 spiro atoms. The third-order valence-electron chi connectivity index (χ3n) is 3.46. The molecule has 0 fully saturated rings. The number of nitrogens with one attached hydrogen (secondary N) is 1. The molecule has 0 saturated heterocycles. The molecule has 0 saturated carbocycles. The standard InChI is InChI=1S/C16H23N3/c1-11(2)13-7-6-12(3)15(8-13)16-14(9-17-4)10-19(5)18-16/h6-8,10-11,17H,9H2,1-5H3. The molecule has 0 aliphatic heterocycles. The Morgan fingerprint density at radius 3 is 2.68 bits per heavy atom. The summed E-state index contributed by atoms with van der Waals surface area (Å²) in [5.74, 6) is 0.538. The predicted molar refractivity (Wildman–Crippen MR) is 80.2 cm³/mol. The monoisotopic (exact) mass is 257 g/mol. The van der Waals surface area contributed by atoms with Crippen molar-refractivity contribution in [3.8, 4) is 11.3 Å². The number of aryl methyl sites for hydroxylation is 2. The zero-order valence-electron chi connectivity index (χ0n) is 12.5. The Labute approximate surface area is 115 Å². The Hall–Kier alpha value is -1.61. The van der Waals surface area contributed by atoms with Crippen molar-refractivity contribution in [3.63, 3.8) is 0 Å². The highest BCUT2D eigenvalue weighted by atomic mass is 15.3. The lowest BCUT2D eigenvalue weighted by Crippen LogP contribution is -2.05. The molecule has 3 heteroatoms. The lowest BCUT2D eigenvalue weighted by molar-refractivity contribution is 0.765. The van der Waals surface area contributed by atoms with Crippen LogP contribution in [0.25, 0.3) is 11.3 Å². The van der Waals surface area contributed by atoms with Gasteiger partial charge in [0.1, 0.15) is 0 Å². The summed E-state index contributed by atoms with van der Waals surface area (Å²) >= 11 is 0. The van der Waals surface area contributed by atoms with E-state index in [2.05, 4.69) is 55.6 Å². The van der Waals surface area contributed by atoms with Gasteiger partial charge in [-0.3, -0.25) is 4.68 Å². The normalized spacial score (nSPS) is 11.3. The lowest BCUT2D eigenvalue weighted by atomic mass is 9.95. The number of nitrogens with zero attached hydrogens (tertiary/aromatic N) is 2. The molecule has 0 bridgehead atoms. The Morgan fingerprint density at radius 2 is 2.05 bits per heavy atom. The van der Waals surface area contributed by atoms with Crippen LogP contribution in [0, 0.1) is 6.92 Å². The van der Waals surface area contributed by atoms with Gasteiger partial charge < -0.3 is 5.32 Å². The summed E-state index contributed by atoms with van der Waals surface area (Å²) in [5.41, 5.74) is 6.23. The maximum Gasteiger partial charge on any atom is 0.0970 e. The molecule has 0 unspecified atom stereocenters. The molecule has 0 aliphatic rings. The summed E-state index contributed by atoms with van der Waals surface area (Å²) < 4.78 is 1.89. The van der Waals surface area contributed by atoms with E-state index in [9.17, 15) is 0 Å². The third-order valence-corrected chi connectivity index (χ3v) is 3.46. The van der Waals surface area contributed by atoms with Crippen LogP contribution in [-0.2, 0) is 13.6 Å². The molecule has 1 aromatic carbocycles. The van der Waals surface area contributed by atoms with Crippen LogP contribution >= 0.6 is 0 Å². The van der Waals surface area contributed by atoms with E-state index in [-0.39, 0.29) is 0 Å². The predicted octanol–water partition coefficient (Wildman–Crippen LogP) is 3.24. The molecule has 1 aromatic heterocycles. The molecule has 0 amide bonds. The second-order valence-corrected chi connectivity index (χ2v) is 5.44. The second-order valence-electron chi connectivity index (χ2n) is 5.44. The average molecular weight is 257 g/mol. The van der Waals surface area contributed by atoms with Crippen LogP contribution in [0.2, 0.25) is 0 Å². The van der Waals surface area contributed by atoms with Crippen molar-refractivity contribution in [1.82, 2.24) is 15.1 Å². The van der Waals surface area contributed by atoms with Gasteiger partial charge in [0.25, 0.3) is 0 Å². The fourth-order valence-corrected chi connectivity index (χ4v) is 2.34. The van der Waals surface area contributed by atoms with Gasteiger partial charge in [-0.2, -0.15) is 5.10 Å². The van der Waals surface area contributed by atoms with E-state index >= 15 is 0 Å². The molecule has 0 atom stereocenters. The van der Waals surface area contributed by atoms with Crippen LogP contribution < -0.4 is 5.32 Å². The fourth-order valence-electron chi connectivity index (χ4n) is 2.34. The first-order valence-corrected chi connectivity index (χ1v) is 6.81. The van der Waals surface area contributed by atoms with E-state index < -0.39 is 0 Å². The van der Waals surface area contributed by atoms with Crippen LogP contribution in [0.5, 0.6) is 0 Å². The molecule has 2 aromatic rings. The Kier molecular flexibility index (Phi) is 4.05. The lowest BCUT2D eigenvalue weighted by Gasteiger charge is -2.11. The van der Waals surface area contributed by atoms with E-state index in [1.807, 2.05) is 18.8 Å². The molecular weight excluding hydrogens is 234 g/mol. The van der Waals surface area contributed by atoms with Gasteiger partial charge in [-0.25, -0.2) is 0 Å². The van der Waals surface area contributed by atoms with Gasteiger partial charge in [-0.05, 0) is 37.1 Å². The summed E-state index contributed by atoms with van der Waals surface area (Å²) in [7, 11) is 3.94. The molecule has 0 aliphatic carbocycles. The first-order chi connectivity index (χ1) is 9.02. The van der Waals surface area contributed by atoms with Gasteiger partial charge in [0.15, 0.2) is 0 Å². The summed E-state index contributed by atoms with van der Waals surface area (Å²) in [6.45, 7) is 7.44. The van der Waals surface area contributed by atoms with Crippen LogP contribution in [0.4, 0.5) is 0 Å². The molecule has 3 nitrogen and oxygen atoms in total. The maximum absolute atomic E-state index is 4.64. The summed E-state index contributed by atoms with van der Waals surface area (Å²) in [6, 6.07) is 6.69. The topological polar surface area (TPSA) is 29.9 Å². The van der Waals surface area contributed by atoms with Crippen molar-refractivity contribution in [2.24, 2.45) is 7.05 Å². The minimum Gasteiger partial charge on any atom is -0.316 e. The number of hydrogen-bond acceptors (Lipinski definition) is 2. The van der Waals surface area contributed by atoms with Crippen molar-refractivity contribution in [3.05, 3.63) is 41.1 Å². The Bertz CT molecular complexity index is 567. The maximum atomic E-state index is 4.64. The molecule has 19 heavy (non-hydrogen) atoms. The summed E-state index contributed by atoms with van der Waals surface area (Å²) in [5, 5.41) is 7.85. The van der Waals surface area contributed by atoms with E-state index in [1.54, 1.807) is 0 Å². The van der Waals surface area contributed by atoms with E-state index in [0.717, 1.165) is 12.2 Å². The highest BCUT2D eigenvalue weighted by molar-refractivity contribution is 5.67. The van der Waals surface area contributed by atoms with Gasteiger partial charge >= 0.3 is 0 Å². The van der Waals surface area contributed by atoms with Crippen molar-refractivity contribution < 1.29 is 0 Å². The minimum atomic E-state index is 0.538. The van der Waals surface area contributed by atoms with Crippen LogP contribution in [0.15, 0.2) is 24.4 Å². The van der Waals surface area contributed by atoms with E-state index in [4.69, 9.17) is 0 Å². The number of aromatic nitrogens is 2. The fraction of sp³-hybridized carbons (Fsp3) is 0.438. The molecule has 102 valence electrons. The van der Waals surface area contributed by atoms with Crippen molar-refractivity contribution in [2.45, 2.75) is 33.2 Å². The number of benzene rings is 1. The van der Waals surface area contributed by atoms with Gasteiger partial charge in [-0.15, -0.1) is 0 Å². The van der Waals surface area contributed by atoms with E-state index in [1.165, 1.54) is 22.3 Å². The first-order valence-electron chi connectivity index (χ1n) is 6.81. The smallest absolute Gasteiger partial charge is 0.0970 e. The Morgan fingerprint density at radius 1 is 1.32 bits per heavy atom. The highest BCUT2D eigenvalue weighted by Gasteiger charge is 2.13. The van der Waals surface area contributed by atoms with Crippen molar-refractivity contribution in [1.29, 1.82) is 0 Å². The molecule has 1 heterocycles. The van der Waals surface area contributed by atoms with Crippen LogP contribution in [0.1, 0.15) is 36.5 Å². The van der Waals surface area contributed by atoms with Gasteiger partial charge in [0.05, 0.1) is 5.69 Å². The number of hydrogen-bond donors (Lipinski definition) is 1. The van der Waals surface area contributed by atoms with Gasteiger partial charge in [0, 0.05) is 30.9 Å². The zero-order valence-corrected chi connectivity index (χ0v) is 12.5. The quantitative estimate of drug-likeness (QED) is 0.911. The van der Waals surface area contributed by atoms with Gasteiger partial charge in [0.2, 0.25) is 0 Å². The molecule has 1 N–H and O–H groups in total. The summed E-state index contributed by atoms with van der Waals surface area (Å²) in [4.78, 5) is 0. The van der Waals surface area contributed by atoms with Gasteiger partial charge in [-0.1, -0.05) is 26.0 Å². The minimum absolute atomic E-state index is 0.538. The second kappa shape index (κ2) is 5.57. The first kappa shape index (κ1) is 13.8. The summed E-state index contributed by atoms with van der Waals surface area (Å²) in [6.07, 6.45) is 2.09. The molecule has 0 radical (unpaired) electrons. The number of rotatable bonds is 4. The van der Waals surface area contributed by atoms with Crippen molar-refractivity contribution in [2.75, 3.05) is 7.05 Å². The third kappa shape index (κ3) is 2.87. The van der Waals surface area contributed by atoms with Crippen molar-refractivity contribution >= 4 is 0 Å². The SMILES string of the molecule is CNCc1cn(C)nc1-c1cc(C(C)C)ccc1C. The largest absolute Gasteiger partial charge is 0.316 e. The van der Waals surface area contributed by atoms with Crippen LogP contribution in [-0.4, -0.2) is 16.8 Å². The Balaban J connectivity index is 2.54.